The van der Waals surface area contributed by atoms with Gasteiger partial charge >= 0.3 is 0 Å². The fourth-order valence-electron chi connectivity index (χ4n) is 5.28. The highest BCUT2D eigenvalue weighted by molar-refractivity contribution is 6.17. The van der Waals surface area contributed by atoms with Crippen LogP contribution in [-0.4, -0.2) is 69.1 Å². The van der Waals surface area contributed by atoms with E-state index in [2.05, 4.69) is 30.6 Å². The van der Waals surface area contributed by atoms with E-state index in [0.717, 1.165) is 29.5 Å². The van der Waals surface area contributed by atoms with Crippen molar-refractivity contribution in [3.8, 4) is 22.5 Å². The van der Waals surface area contributed by atoms with E-state index < -0.39 is 11.9 Å². The molecule has 4 aromatic rings. The zero-order valence-corrected chi connectivity index (χ0v) is 25.1. The molecule has 1 aliphatic carbocycles. The van der Waals surface area contributed by atoms with Crippen molar-refractivity contribution in [2.45, 2.75) is 38.1 Å². The molecule has 5 N–H and O–H groups in total. The lowest BCUT2D eigenvalue weighted by Gasteiger charge is -2.32. The Bertz CT molecular complexity index is 1470. The van der Waals surface area contributed by atoms with Gasteiger partial charge in [-0.05, 0) is 85.2 Å². The van der Waals surface area contributed by atoms with Crippen molar-refractivity contribution in [3.63, 3.8) is 0 Å². The first kappa shape index (κ1) is 31.7. The molecule has 226 valence electrons. The summed E-state index contributed by atoms with van der Waals surface area (Å²) in [6.45, 7) is 0.610. The van der Waals surface area contributed by atoms with Crippen molar-refractivity contribution in [2.24, 2.45) is 23.3 Å². The van der Waals surface area contributed by atoms with Crippen molar-refractivity contribution in [2.75, 3.05) is 30.4 Å². The Balaban J connectivity index is 0.00000423. The molecule has 2 aromatic carbocycles. The van der Waals surface area contributed by atoms with Crippen LogP contribution in [0.5, 0.6) is 0 Å². The Morgan fingerprint density at radius 1 is 0.930 bits per heavy atom. The molecule has 1 fully saturated rings. The Morgan fingerprint density at radius 2 is 1.56 bits per heavy atom. The van der Waals surface area contributed by atoms with E-state index in [1.165, 1.54) is 4.90 Å². The van der Waals surface area contributed by atoms with Gasteiger partial charge in [0.2, 0.25) is 17.7 Å². The van der Waals surface area contributed by atoms with Crippen molar-refractivity contribution in [3.05, 3.63) is 66.5 Å². The molecule has 2 amide bonds. The number of tetrazole rings is 1. The number of aromatic nitrogens is 6. The third-order valence-electron chi connectivity index (χ3n) is 7.80. The molecule has 5 rings (SSSR count). The molecular formula is C30H37ClN10O2. The van der Waals surface area contributed by atoms with Gasteiger partial charge in [0.15, 0.2) is 0 Å². The fraction of sp³-hybridized carbons (Fsp3) is 0.367. The van der Waals surface area contributed by atoms with Crippen LogP contribution < -0.4 is 21.3 Å². The van der Waals surface area contributed by atoms with Gasteiger partial charge in [0.05, 0.1) is 11.7 Å². The number of anilines is 2. The summed E-state index contributed by atoms with van der Waals surface area (Å²) in [5, 5.41) is 14.0. The molecule has 12 nitrogen and oxygen atoms in total. The summed E-state index contributed by atoms with van der Waals surface area (Å²) in [5.74, 6) is 0.540. The lowest BCUT2D eigenvalue weighted by Crippen LogP contribution is -2.50. The highest BCUT2D eigenvalue weighted by Crippen LogP contribution is 2.32. The summed E-state index contributed by atoms with van der Waals surface area (Å²) < 4.78 is 0. The highest BCUT2D eigenvalue weighted by atomic mass is 35.5. The molecule has 0 spiro atoms. The molecule has 0 saturated heterocycles. The number of amides is 2. The average Bonchev–Trinajstić information content (AvgIpc) is 3.57. The van der Waals surface area contributed by atoms with Crippen molar-refractivity contribution >= 4 is 35.9 Å². The summed E-state index contributed by atoms with van der Waals surface area (Å²) in [5.41, 5.74) is 16.2. The van der Waals surface area contributed by atoms with Gasteiger partial charge in [-0.15, -0.1) is 22.6 Å². The minimum absolute atomic E-state index is 0. The summed E-state index contributed by atoms with van der Waals surface area (Å²) in [6.07, 6.45) is 6.96. The maximum atomic E-state index is 13.8. The highest BCUT2D eigenvalue weighted by Gasteiger charge is 2.35. The summed E-state index contributed by atoms with van der Waals surface area (Å²) >= 11 is 0. The third-order valence-corrected chi connectivity index (χ3v) is 7.80. The van der Waals surface area contributed by atoms with Crippen molar-refractivity contribution in [1.82, 2.24) is 30.6 Å². The average molecular weight is 605 g/mol. The number of hydrogen-bond donors (Lipinski definition) is 3. The van der Waals surface area contributed by atoms with Crippen LogP contribution in [0.2, 0.25) is 0 Å². The van der Waals surface area contributed by atoms with Gasteiger partial charge < -0.3 is 16.4 Å². The van der Waals surface area contributed by atoms with Crippen LogP contribution in [0.15, 0.2) is 60.9 Å². The predicted octanol–water partition coefficient (Wildman–Crippen LogP) is 3.01. The number of nitrogens with zero attached hydrogens (tertiary/aromatic N) is 7. The molecule has 2 heterocycles. The zero-order valence-electron chi connectivity index (χ0n) is 24.3. The maximum absolute atomic E-state index is 13.8. The van der Waals surface area contributed by atoms with Crippen LogP contribution >= 0.6 is 12.4 Å². The van der Waals surface area contributed by atoms with Crippen LogP contribution in [0.25, 0.3) is 22.5 Å². The first-order chi connectivity index (χ1) is 20.3. The first-order valence-electron chi connectivity index (χ1n) is 14.1. The van der Waals surface area contributed by atoms with Gasteiger partial charge in [-0.1, -0.05) is 24.3 Å². The van der Waals surface area contributed by atoms with Crippen LogP contribution in [0.3, 0.4) is 0 Å². The molecule has 0 unspecified atom stereocenters. The van der Waals surface area contributed by atoms with Gasteiger partial charge in [-0.2, -0.15) is 5.21 Å². The molecule has 1 saturated carbocycles. The number of hydrogen-bond acceptors (Lipinski definition) is 10. The van der Waals surface area contributed by atoms with E-state index in [9.17, 15) is 9.59 Å². The Labute approximate surface area is 256 Å². The zero-order chi connectivity index (χ0) is 29.6. The van der Waals surface area contributed by atoms with E-state index in [-0.39, 0.29) is 30.7 Å². The number of carbonyl (C=O) groups excluding carboxylic acids is 2. The number of carbonyl (C=O) groups is 2. The smallest absolute Gasteiger partial charge is 0.251 e. The molecule has 0 radical (unpaired) electrons. The number of imide groups is 1. The van der Waals surface area contributed by atoms with Gasteiger partial charge in [-0.3, -0.25) is 9.59 Å². The molecule has 0 bridgehead atoms. The van der Waals surface area contributed by atoms with Crippen LogP contribution in [-0.2, 0) is 16.0 Å². The molecule has 43 heavy (non-hydrogen) atoms. The number of nitrogens with one attached hydrogen (secondary N) is 1. The van der Waals surface area contributed by atoms with Crippen molar-refractivity contribution in [1.29, 1.82) is 0 Å². The monoisotopic (exact) mass is 604 g/mol. The lowest BCUT2D eigenvalue weighted by atomic mass is 9.81. The van der Waals surface area contributed by atoms with E-state index in [4.69, 9.17) is 11.5 Å². The molecule has 1 aliphatic rings. The summed E-state index contributed by atoms with van der Waals surface area (Å²) in [7, 11) is 3.78. The predicted molar refractivity (Wildman–Crippen MR) is 167 cm³/mol. The largest absolute Gasteiger partial charge is 0.347 e. The fourth-order valence-corrected chi connectivity index (χ4v) is 5.28. The quantitative estimate of drug-likeness (QED) is 0.258. The maximum Gasteiger partial charge on any atom is 0.251 e. The number of aromatic amines is 1. The van der Waals surface area contributed by atoms with E-state index in [1.54, 1.807) is 36.7 Å². The second kappa shape index (κ2) is 14.3. The van der Waals surface area contributed by atoms with Gasteiger partial charge in [0.25, 0.3) is 5.91 Å². The Hall–Kier alpha value is -4.26. The van der Waals surface area contributed by atoms with Gasteiger partial charge in [0.1, 0.15) is 0 Å². The number of benzene rings is 2. The number of halogens is 1. The third kappa shape index (κ3) is 7.39. The van der Waals surface area contributed by atoms with Crippen molar-refractivity contribution < 1.29 is 9.59 Å². The Morgan fingerprint density at radius 3 is 2.12 bits per heavy atom. The summed E-state index contributed by atoms with van der Waals surface area (Å²) in [6, 6.07) is 13.8. The van der Waals surface area contributed by atoms with E-state index >= 15 is 0 Å². The van der Waals surface area contributed by atoms with E-state index in [0.29, 0.717) is 48.3 Å². The minimum atomic E-state index is -0.917. The van der Waals surface area contributed by atoms with Crippen LogP contribution in [0.1, 0.15) is 31.2 Å². The van der Waals surface area contributed by atoms with Crippen LogP contribution in [0.4, 0.5) is 11.6 Å². The standard InChI is InChI=1S/C30H36N10O2.ClH/c1-39(2)30-33-17-24(18-34-30)21-7-3-19(4-8-21)15-26(32)29(42)40(28(41)23-9-5-20(16-31)6-10-23)25-13-11-22(12-14-25)27-35-37-38-36-27;/h3-4,7-8,11-14,17-18,20,23,26H,5-6,9-10,15-16,31-32H2,1-2H3,(H,35,36,37,38);1H/t20-,23-,26-;/m0./s1. The second-order valence-corrected chi connectivity index (χ2v) is 10.9. The Kier molecular flexibility index (Phi) is 10.5. The lowest BCUT2D eigenvalue weighted by molar-refractivity contribution is -0.130. The molecular weight excluding hydrogens is 568 g/mol. The molecule has 2 aromatic heterocycles. The normalized spacial score (nSPS) is 17.0. The van der Waals surface area contributed by atoms with Gasteiger partial charge in [-0.25, -0.2) is 14.9 Å². The summed E-state index contributed by atoms with van der Waals surface area (Å²) in [4.78, 5) is 39.5. The van der Waals surface area contributed by atoms with E-state index in [1.807, 2.05) is 43.3 Å². The second-order valence-electron chi connectivity index (χ2n) is 10.9. The molecule has 13 heteroatoms. The van der Waals surface area contributed by atoms with Gasteiger partial charge in [0, 0.05) is 43.5 Å². The molecule has 0 aliphatic heterocycles. The topological polar surface area (TPSA) is 173 Å². The SMILES string of the molecule is CN(C)c1ncc(-c2ccc(C[C@H](N)C(=O)N(c3ccc(-c4nn[nH]n4)cc3)C(=O)[C@H]3CC[C@H](CN)CC3)cc2)cn1.Cl. The number of rotatable bonds is 9. The van der Waals surface area contributed by atoms with Crippen LogP contribution in [0, 0.1) is 11.8 Å². The number of nitrogens with two attached hydrogens (primary N) is 2. The molecule has 1 atom stereocenters. The minimum Gasteiger partial charge on any atom is -0.347 e. The first-order valence-corrected chi connectivity index (χ1v) is 14.1. The number of H-pyrrole nitrogens is 1.